The number of sulfonamides is 1. The van der Waals surface area contributed by atoms with Gasteiger partial charge in [-0.15, -0.1) is 0 Å². The highest BCUT2D eigenvalue weighted by Gasteiger charge is 2.24. The first-order valence-electron chi connectivity index (χ1n) is 8.17. The first-order valence-corrected chi connectivity index (χ1v) is 9.66. The molecular weight excluding hydrogens is 361 g/mol. The van der Waals surface area contributed by atoms with Gasteiger partial charge in [0.2, 0.25) is 10.0 Å². The van der Waals surface area contributed by atoms with Gasteiger partial charge >= 0.3 is 0 Å². The number of carbonyl (C=O) groups is 1. The van der Waals surface area contributed by atoms with Gasteiger partial charge in [-0.05, 0) is 30.7 Å². The molecule has 26 heavy (non-hydrogen) atoms. The molecule has 2 heterocycles. The molecule has 4 N–H and O–H groups in total. The predicted octanol–water partition coefficient (Wildman–Crippen LogP) is 0.318. The molecule has 2 aromatic rings. The van der Waals surface area contributed by atoms with Crippen molar-refractivity contribution in [3.05, 3.63) is 47.8 Å². The average molecular weight is 381 g/mol. The van der Waals surface area contributed by atoms with Crippen molar-refractivity contribution in [2.45, 2.75) is 30.1 Å². The van der Waals surface area contributed by atoms with Crippen LogP contribution in [0.1, 0.15) is 22.5 Å². The van der Waals surface area contributed by atoms with Crippen LogP contribution in [-0.4, -0.2) is 49.8 Å². The monoisotopic (exact) mass is 381 g/mol. The zero-order valence-electron chi connectivity index (χ0n) is 13.9. The standard InChI is InChI=1S/C16H20FN5O3S/c17-12-7-14(18-8-12)9-19-16(23)11-2-1-3-15(6-11)26(24,25)21-10-13-4-5-20-22-13/h1-6,12,14,18,21H,7-10H2,(H,19,23)(H,20,22)/t12-,14-/m0/s1. The summed E-state index contributed by atoms with van der Waals surface area (Å²) in [6, 6.07) is 7.31. The molecular formula is C16H20FN5O3S. The second-order valence-corrected chi connectivity index (χ2v) is 7.85. The van der Waals surface area contributed by atoms with E-state index in [0.717, 1.165) is 0 Å². The van der Waals surface area contributed by atoms with Gasteiger partial charge in [-0.3, -0.25) is 9.89 Å². The molecule has 1 aliphatic rings. The maximum Gasteiger partial charge on any atom is 0.251 e. The number of rotatable bonds is 7. The van der Waals surface area contributed by atoms with Crippen LogP contribution >= 0.6 is 0 Å². The highest BCUT2D eigenvalue weighted by atomic mass is 32.2. The van der Waals surface area contributed by atoms with Crippen LogP contribution < -0.4 is 15.4 Å². The van der Waals surface area contributed by atoms with Crippen molar-refractivity contribution >= 4 is 15.9 Å². The van der Waals surface area contributed by atoms with E-state index in [4.69, 9.17) is 0 Å². The van der Waals surface area contributed by atoms with E-state index < -0.39 is 22.1 Å². The first-order chi connectivity index (χ1) is 12.4. The number of nitrogens with zero attached hydrogens (tertiary/aromatic N) is 1. The smallest absolute Gasteiger partial charge is 0.251 e. The molecule has 0 aliphatic carbocycles. The Hall–Kier alpha value is -2.30. The molecule has 0 spiro atoms. The summed E-state index contributed by atoms with van der Waals surface area (Å²) in [6.45, 7) is 0.640. The lowest BCUT2D eigenvalue weighted by atomic mass is 10.2. The second-order valence-electron chi connectivity index (χ2n) is 6.08. The number of halogens is 1. The van der Waals surface area contributed by atoms with Crippen molar-refractivity contribution in [1.82, 2.24) is 25.6 Å². The molecule has 0 bridgehead atoms. The summed E-state index contributed by atoms with van der Waals surface area (Å²) in [6.07, 6.45) is 0.983. The topological polar surface area (TPSA) is 116 Å². The van der Waals surface area contributed by atoms with Crippen LogP contribution in [0.3, 0.4) is 0 Å². The molecule has 1 saturated heterocycles. The highest BCUT2D eigenvalue weighted by Crippen LogP contribution is 2.13. The maximum atomic E-state index is 13.1. The predicted molar refractivity (Wildman–Crippen MR) is 92.7 cm³/mol. The number of alkyl halides is 1. The fourth-order valence-corrected chi connectivity index (χ4v) is 3.74. The van der Waals surface area contributed by atoms with Gasteiger partial charge < -0.3 is 10.6 Å². The number of benzene rings is 1. The normalized spacial score (nSPS) is 20.2. The molecule has 2 atom stereocenters. The molecule has 1 fully saturated rings. The van der Waals surface area contributed by atoms with Gasteiger partial charge in [-0.25, -0.2) is 17.5 Å². The number of nitrogens with one attached hydrogen (secondary N) is 4. The molecule has 10 heteroatoms. The lowest BCUT2D eigenvalue weighted by molar-refractivity contribution is 0.0949. The number of hydrogen-bond acceptors (Lipinski definition) is 5. The quantitative estimate of drug-likeness (QED) is 0.551. The lowest BCUT2D eigenvalue weighted by Crippen LogP contribution is -2.37. The summed E-state index contributed by atoms with van der Waals surface area (Å²) in [5.74, 6) is -0.403. The van der Waals surface area contributed by atoms with Crippen LogP contribution in [0.5, 0.6) is 0 Å². The molecule has 3 rings (SSSR count). The Morgan fingerprint density at radius 1 is 1.35 bits per heavy atom. The number of H-pyrrole nitrogens is 1. The lowest BCUT2D eigenvalue weighted by Gasteiger charge is -2.12. The molecule has 1 aromatic heterocycles. The zero-order valence-corrected chi connectivity index (χ0v) is 14.7. The van der Waals surface area contributed by atoms with Crippen molar-refractivity contribution in [1.29, 1.82) is 0 Å². The number of aromatic amines is 1. The zero-order chi connectivity index (χ0) is 18.6. The number of carbonyl (C=O) groups excluding carboxylic acids is 1. The SMILES string of the molecule is O=C(NC[C@@H]1C[C@H](F)CN1)c1cccc(S(=O)(=O)NCc2ccn[nH]2)c1. The summed E-state index contributed by atoms with van der Waals surface area (Å²) < 4.78 is 40.3. The van der Waals surface area contributed by atoms with Gasteiger partial charge in [0.05, 0.1) is 17.1 Å². The van der Waals surface area contributed by atoms with Crippen LogP contribution in [0.15, 0.2) is 41.4 Å². The Bertz CT molecular complexity index is 857. The summed E-state index contributed by atoms with van der Waals surface area (Å²) in [7, 11) is -3.77. The molecule has 1 aliphatic heterocycles. The largest absolute Gasteiger partial charge is 0.350 e. The van der Waals surface area contributed by atoms with Gasteiger partial charge in [0.25, 0.3) is 5.91 Å². The molecule has 1 aromatic carbocycles. The first kappa shape index (κ1) is 18.5. The van der Waals surface area contributed by atoms with Gasteiger partial charge in [-0.2, -0.15) is 5.10 Å². The highest BCUT2D eigenvalue weighted by molar-refractivity contribution is 7.89. The molecule has 0 radical (unpaired) electrons. The number of aromatic nitrogens is 2. The Balaban J connectivity index is 1.62. The minimum absolute atomic E-state index is 0.00696. The van der Waals surface area contributed by atoms with E-state index in [0.29, 0.717) is 12.1 Å². The Labute approximate surface area is 150 Å². The minimum Gasteiger partial charge on any atom is -0.350 e. The van der Waals surface area contributed by atoms with Gasteiger partial charge in [0, 0.05) is 30.9 Å². The average Bonchev–Trinajstić information content (AvgIpc) is 3.29. The third-order valence-electron chi connectivity index (χ3n) is 4.09. The van der Waals surface area contributed by atoms with Gasteiger partial charge in [0.1, 0.15) is 6.17 Å². The van der Waals surface area contributed by atoms with Crippen LogP contribution in [-0.2, 0) is 16.6 Å². The molecule has 0 unspecified atom stereocenters. The molecule has 0 saturated carbocycles. The second kappa shape index (κ2) is 7.94. The van der Waals surface area contributed by atoms with Crippen LogP contribution in [0.25, 0.3) is 0 Å². The van der Waals surface area contributed by atoms with E-state index in [1.807, 2.05) is 0 Å². The molecule has 140 valence electrons. The van der Waals surface area contributed by atoms with Crippen LogP contribution in [0.4, 0.5) is 4.39 Å². The minimum atomic E-state index is -3.77. The Morgan fingerprint density at radius 2 is 2.19 bits per heavy atom. The molecule has 1 amide bonds. The number of amides is 1. The van der Waals surface area contributed by atoms with Gasteiger partial charge in [-0.1, -0.05) is 6.07 Å². The van der Waals surface area contributed by atoms with Crippen molar-refractivity contribution in [3.8, 4) is 0 Å². The summed E-state index contributed by atoms with van der Waals surface area (Å²) >= 11 is 0. The van der Waals surface area contributed by atoms with E-state index >= 15 is 0 Å². The summed E-state index contributed by atoms with van der Waals surface area (Å²) in [4.78, 5) is 12.2. The summed E-state index contributed by atoms with van der Waals surface area (Å²) in [5.41, 5.74) is 0.849. The Kier molecular flexibility index (Phi) is 5.64. The van der Waals surface area contributed by atoms with Gasteiger partial charge in [0.15, 0.2) is 0 Å². The third-order valence-corrected chi connectivity index (χ3v) is 5.49. The van der Waals surface area contributed by atoms with E-state index in [2.05, 4.69) is 25.6 Å². The molecule has 8 nitrogen and oxygen atoms in total. The van der Waals surface area contributed by atoms with Crippen molar-refractivity contribution < 1.29 is 17.6 Å². The van der Waals surface area contributed by atoms with Crippen LogP contribution in [0, 0.1) is 0 Å². The number of hydrogen-bond donors (Lipinski definition) is 4. The fourth-order valence-electron chi connectivity index (χ4n) is 2.69. The van der Waals surface area contributed by atoms with Crippen molar-refractivity contribution in [2.24, 2.45) is 0 Å². The van der Waals surface area contributed by atoms with Crippen molar-refractivity contribution in [3.63, 3.8) is 0 Å². The summed E-state index contributed by atoms with van der Waals surface area (Å²) in [5, 5.41) is 12.1. The van der Waals surface area contributed by atoms with Crippen LogP contribution in [0.2, 0.25) is 0 Å². The maximum absolute atomic E-state index is 13.1. The third kappa shape index (κ3) is 4.65. The van der Waals surface area contributed by atoms with Crippen molar-refractivity contribution in [2.75, 3.05) is 13.1 Å². The Morgan fingerprint density at radius 3 is 2.88 bits per heavy atom. The fraction of sp³-hybridized carbons (Fsp3) is 0.375. The van der Waals surface area contributed by atoms with E-state index in [9.17, 15) is 17.6 Å². The van der Waals surface area contributed by atoms with E-state index in [1.54, 1.807) is 6.07 Å². The van der Waals surface area contributed by atoms with E-state index in [1.165, 1.54) is 30.5 Å². The van der Waals surface area contributed by atoms with E-state index in [-0.39, 0.29) is 36.1 Å².